The minimum absolute atomic E-state index is 0.530. The van der Waals surface area contributed by atoms with Crippen molar-refractivity contribution >= 4 is 23.2 Å². The maximum absolute atomic E-state index is 5.89. The summed E-state index contributed by atoms with van der Waals surface area (Å²) >= 11 is 11.8. The van der Waals surface area contributed by atoms with E-state index >= 15 is 0 Å². The first kappa shape index (κ1) is 12.1. The highest BCUT2D eigenvalue weighted by molar-refractivity contribution is 6.34. The van der Waals surface area contributed by atoms with Crippen molar-refractivity contribution in [3.8, 4) is 17.2 Å². The van der Waals surface area contributed by atoms with E-state index in [0.717, 1.165) is 0 Å². The third-order valence-electron chi connectivity index (χ3n) is 2.13. The Morgan fingerprint density at radius 2 is 1.47 bits per heavy atom. The van der Waals surface area contributed by atoms with Crippen molar-refractivity contribution in [2.24, 2.45) is 0 Å². The molecule has 0 bridgehead atoms. The van der Waals surface area contributed by atoms with Crippen LogP contribution in [0.15, 0.2) is 42.5 Å². The average Bonchev–Trinajstić information content (AvgIpc) is 2.28. The highest BCUT2D eigenvalue weighted by Crippen LogP contribution is 2.33. The summed E-state index contributed by atoms with van der Waals surface area (Å²) in [7, 11) is 1.59. The van der Waals surface area contributed by atoms with Gasteiger partial charge in [0.15, 0.2) is 11.5 Å². The lowest BCUT2D eigenvalue weighted by atomic mass is 10.3. The van der Waals surface area contributed by atoms with E-state index in [1.165, 1.54) is 0 Å². The van der Waals surface area contributed by atoms with Gasteiger partial charge in [0.25, 0.3) is 0 Å². The van der Waals surface area contributed by atoms with Gasteiger partial charge in [0.05, 0.1) is 7.11 Å². The van der Waals surface area contributed by atoms with Crippen LogP contribution in [0.25, 0.3) is 0 Å². The Morgan fingerprint density at radius 1 is 0.882 bits per heavy atom. The Balaban J connectivity index is 2.31. The lowest BCUT2D eigenvalue weighted by Gasteiger charge is -2.10. The normalized spacial score (nSPS) is 10.1. The monoisotopic (exact) mass is 268 g/mol. The molecule has 0 N–H and O–H groups in total. The summed E-state index contributed by atoms with van der Waals surface area (Å²) in [6.07, 6.45) is 0. The molecule has 0 aromatic heterocycles. The molecule has 0 atom stereocenters. The number of ether oxygens (including phenoxy) is 2. The molecule has 0 aliphatic heterocycles. The zero-order valence-corrected chi connectivity index (χ0v) is 10.6. The molecule has 0 fully saturated rings. The molecule has 2 aromatic rings. The molecule has 0 saturated heterocycles. The molecule has 2 nitrogen and oxygen atoms in total. The molecule has 0 radical (unpaired) electrons. The predicted octanol–water partition coefficient (Wildman–Crippen LogP) is 4.79. The van der Waals surface area contributed by atoms with Crippen LogP contribution in [0.1, 0.15) is 0 Å². The van der Waals surface area contributed by atoms with Crippen molar-refractivity contribution in [2.75, 3.05) is 7.11 Å². The van der Waals surface area contributed by atoms with Gasteiger partial charge in [-0.05, 0) is 30.3 Å². The number of halogens is 2. The van der Waals surface area contributed by atoms with Crippen LogP contribution in [0.2, 0.25) is 10.0 Å². The quantitative estimate of drug-likeness (QED) is 0.797. The second kappa shape index (κ2) is 5.30. The molecule has 0 saturated carbocycles. The van der Waals surface area contributed by atoms with Crippen molar-refractivity contribution in [1.82, 2.24) is 0 Å². The molecule has 2 aromatic carbocycles. The molecule has 2 rings (SSSR count). The van der Waals surface area contributed by atoms with Crippen molar-refractivity contribution in [3.05, 3.63) is 52.5 Å². The van der Waals surface area contributed by atoms with E-state index in [-0.39, 0.29) is 0 Å². The Hall–Kier alpha value is -1.38. The summed E-state index contributed by atoms with van der Waals surface area (Å²) in [4.78, 5) is 0. The van der Waals surface area contributed by atoms with E-state index in [0.29, 0.717) is 27.3 Å². The Labute approximate surface area is 110 Å². The van der Waals surface area contributed by atoms with Crippen LogP contribution in [-0.4, -0.2) is 7.11 Å². The standard InChI is InChI=1S/C13H10Cl2O2/c1-16-12-4-2-3-5-13(12)17-11-7-9(14)6-10(15)8-11/h2-8H,1H3. The first-order valence-electron chi connectivity index (χ1n) is 4.96. The van der Waals surface area contributed by atoms with Gasteiger partial charge in [-0.3, -0.25) is 0 Å². The fourth-order valence-corrected chi connectivity index (χ4v) is 1.92. The summed E-state index contributed by atoms with van der Waals surface area (Å²) < 4.78 is 10.9. The number of hydrogen-bond donors (Lipinski definition) is 0. The maximum Gasteiger partial charge on any atom is 0.169 e. The topological polar surface area (TPSA) is 18.5 Å². The SMILES string of the molecule is COc1ccccc1Oc1cc(Cl)cc(Cl)c1. The van der Waals surface area contributed by atoms with Gasteiger partial charge >= 0.3 is 0 Å². The van der Waals surface area contributed by atoms with Crippen LogP contribution in [0, 0.1) is 0 Å². The second-order valence-electron chi connectivity index (χ2n) is 3.36. The van der Waals surface area contributed by atoms with Crippen LogP contribution in [0.5, 0.6) is 17.2 Å². The highest BCUT2D eigenvalue weighted by Gasteiger charge is 2.05. The minimum atomic E-state index is 0.530. The number of methoxy groups -OCH3 is 1. The molecule has 0 aliphatic rings. The van der Waals surface area contributed by atoms with Crippen LogP contribution in [0.4, 0.5) is 0 Å². The summed E-state index contributed by atoms with van der Waals surface area (Å²) in [6, 6.07) is 12.4. The summed E-state index contributed by atoms with van der Waals surface area (Å²) in [5.74, 6) is 1.85. The van der Waals surface area contributed by atoms with E-state index in [1.807, 2.05) is 24.3 Å². The lowest BCUT2D eigenvalue weighted by Crippen LogP contribution is -1.89. The van der Waals surface area contributed by atoms with Crippen molar-refractivity contribution in [3.63, 3.8) is 0 Å². The molecule has 88 valence electrons. The third kappa shape index (κ3) is 3.05. The van der Waals surface area contributed by atoms with Gasteiger partial charge in [-0.25, -0.2) is 0 Å². The molecule has 0 spiro atoms. The molecule has 0 amide bonds. The van der Waals surface area contributed by atoms with E-state index in [4.69, 9.17) is 32.7 Å². The fourth-order valence-electron chi connectivity index (χ4n) is 1.42. The van der Waals surface area contributed by atoms with Crippen molar-refractivity contribution in [1.29, 1.82) is 0 Å². The van der Waals surface area contributed by atoms with Crippen LogP contribution in [-0.2, 0) is 0 Å². The van der Waals surface area contributed by atoms with Gasteiger partial charge in [-0.15, -0.1) is 0 Å². The summed E-state index contributed by atoms with van der Waals surface area (Å²) in [5.41, 5.74) is 0. The molecular weight excluding hydrogens is 259 g/mol. The van der Waals surface area contributed by atoms with Gasteiger partial charge in [-0.2, -0.15) is 0 Å². The van der Waals surface area contributed by atoms with E-state index in [2.05, 4.69) is 0 Å². The third-order valence-corrected chi connectivity index (χ3v) is 2.57. The lowest BCUT2D eigenvalue weighted by molar-refractivity contribution is 0.379. The Bertz CT molecular complexity index is 506. The highest BCUT2D eigenvalue weighted by atomic mass is 35.5. The Kier molecular flexibility index (Phi) is 3.77. The van der Waals surface area contributed by atoms with Crippen LogP contribution < -0.4 is 9.47 Å². The van der Waals surface area contributed by atoms with Gasteiger partial charge in [-0.1, -0.05) is 35.3 Å². The van der Waals surface area contributed by atoms with E-state index < -0.39 is 0 Å². The smallest absolute Gasteiger partial charge is 0.169 e. The molecular formula is C13H10Cl2O2. The largest absolute Gasteiger partial charge is 0.493 e. The molecule has 0 heterocycles. The first-order valence-corrected chi connectivity index (χ1v) is 5.71. The first-order chi connectivity index (χ1) is 8.19. The zero-order chi connectivity index (χ0) is 12.3. The van der Waals surface area contributed by atoms with Gasteiger partial charge < -0.3 is 9.47 Å². The summed E-state index contributed by atoms with van der Waals surface area (Å²) in [5, 5.41) is 1.06. The van der Waals surface area contributed by atoms with Gasteiger partial charge in [0.2, 0.25) is 0 Å². The number of hydrogen-bond acceptors (Lipinski definition) is 2. The van der Waals surface area contributed by atoms with E-state index in [1.54, 1.807) is 25.3 Å². The number of rotatable bonds is 3. The zero-order valence-electron chi connectivity index (χ0n) is 9.11. The number of benzene rings is 2. The minimum Gasteiger partial charge on any atom is -0.493 e. The fraction of sp³-hybridized carbons (Fsp3) is 0.0769. The molecule has 0 unspecified atom stereocenters. The van der Waals surface area contributed by atoms with Gasteiger partial charge in [0.1, 0.15) is 5.75 Å². The summed E-state index contributed by atoms with van der Waals surface area (Å²) in [6.45, 7) is 0. The molecule has 17 heavy (non-hydrogen) atoms. The average molecular weight is 269 g/mol. The van der Waals surface area contributed by atoms with Crippen LogP contribution in [0.3, 0.4) is 0 Å². The Morgan fingerprint density at radius 3 is 2.06 bits per heavy atom. The van der Waals surface area contributed by atoms with Crippen molar-refractivity contribution in [2.45, 2.75) is 0 Å². The van der Waals surface area contributed by atoms with Crippen LogP contribution >= 0.6 is 23.2 Å². The predicted molar refractivity (Wildman–Crippen MR) is 69.5 cm³/mol. The second-order valence-corrected chi connectivity index (χ2v) is 4.23. The van der Waals surface area contributed by atoms with E-state index in [9.17, 15) is 0 Å². The number of para-hydroxylation sites is 2. The van der Waals surface area contributed by atoms with Gasteiger partial charge in [0, 0.05) is 10.0 Å². The molecule has 0 aliphatic carbocycles. The van der Waals surface area contributed by atoms with Crippen molar-refractivity contribution < 1.29 is 9.47 Å². The molecule has 4 heteroatoms. The maximum atomic E-state index is 5.89.